The number of alkyl halides is 3. The van der Waals surface area contributed by atoms with Crippen LogP contribution in [-0.2, 0) is 14.8 Å². The third kappa shape index (κ3) is 5.49. The number of ether oxygens (including phenoxy) is 1. The molecule has 4 aliphatic rings. The molecule has 1 aliphatic carbocycles. The van der Waals surface area contributed by atoms with Crippen LogP contribution in [0.3, 0.4) is 0 Å². The summed E-state index contributed by atoms with van der Waals surface area (Å²) in [7, 11) is -3.82. The highest BCUT2D eigenvalue weighted by molar-refractivity contribution is 7.92. The summed E-state index contributed by atoms with van der Waals surface area (Å²) >= 11 is 0. The summed E-state index contributed by atoms with van der Waals surface area (Å²) in [4.78, 5) is 31.7. The zero-order valence-corrected chi connectivity index (χ0v) is 24.3. The van der Waals surface area contributed by atoms with Gasteiger partial charge in [0.2, 0.25) is 10.0 Å². The maximum Gasteiger partial charge on any atom is 0.573 e. The number of amides is 3. The highest BCUT2D eigenvalue weighted by Crippen LogP contribution is 2.47. The average Bonchev–Trinajstić information content (AvgIpc) is 3.54. The fourth-order valence-electron chi connectivity index (χ4n) is 6.05. The van der Waals surface area contributed by atoms with E-state index in [-0.39, 0.29) is 49.2 Å². The third-order valence-corrected chi connectivity index (χ3v) is 10.1. The summed E-state index contributed by atoms with van der Waals surface area (Å²) in [6.45, 7) is 4.53. The second kappa shape index (κ2) is 10.1. The minimum absolute atomic E-state index is 0.0677. The standard InChI is InChI=1S/C29H30F3N5O5S/c1-18-15-21(37-26(39)33-17-27(37)8-9-27)16-19(2)23(18)7-14-43(40,41)36-12-10-28(11-13-36)25(38)34-24(35-28)20-3-5-22(6-4-20)42-29(30,31)32/h3-7,14-16H,8-13,17H2,1-2H3,(H,33,39)(H,34,35,38)/b14-7+. The number of hydrogen-bond donors (Lipinski definition) is 2. The molecule has 2 aromatic carbocycles. The van der Waals surface area contributed by atoms with E-state index in [0.29, 0.717) is 12.1 Å². The van der Waals surface area contributed by atoms with Crippen LogP contribution in [0.4, 0.5) is 23.7 Å². The Hall–Kier alpha value is -3.91. The Morgan fingerprint density at radius 1 is 1.00 bits per heavy atom. The second-order valence-corrected chi connectivity index (χ2v) is 13.3. The van der Waals surface area contributed by atoms with E-state index in [1.165, 1.54) is 21.8 Å². The number of carbonyl (C=O) groups excluding carboxylic acids is 2. The number of sulfonamides is 1. The molecular formula is C29H30F3N5O5S. The van der Waals surface area contributed by atoms with E-state index in [1.807, 2.05) is 30.9 Å². The molecule has 3 heterocycles. The van der Waals surface area contributed by atoms with Crippen molar-refractivity contribution < 1.29 is 35.9 Å². The van der Waals surface area contributed by atoms with Crippen LogP contribution in [0.2, 0.25) is 0 Å². The van der Waals surface area contributed by atoms with Gasteiger partial charge in [-0.2, -0.15) is 4.31 Å². The van der Waals surface area contributed by atoms with Crippen LogP contribution in [0, 0.1) is 13.8 Å². The third-order valence-electron chi connectivity index (χ3n) is 8.57. The average molecular weight is 618 g/mol. The molecule has 0 atom stereocenters. The maximum atomic E-state index is 13.2. The normalized spacial score (nSPS) is 21.4. The van der Waals surface area contributed by atoms with Gasteiger partial charge in [-0.1, -0.05) is 0 Å². The van der Waals surface area contributed by atoms with E-state index in [9.17, 15) is 31.2 Å². The van der Waals surface area contributed by atoms with Crippen LogP contribution < -0.4 is 20.3 Å². The van der Waals surface area contributed by atoms with E-state index in [4.69, 9.17) is 0 Å². The van der Waals surface area contributed by atoms with Crippen molar-refractivity contribution in [3.05, 3.63) is 64.1 Å². The van der Waals surface area contributed by atoms with Gasteiger partial charge in [0.05, 0.1) is 5.54 Å². The lowest BCUT2D eigenvalue weighted by atomic mass is 9.89. The number of anilines is 1. The van der Waals surface area contributed by atoms with Gasteiger partial charge in [-0.25, -0.2) is 13.2 Å². The van der Waals surface area contributed by atoms with E-state index in [1.54, 1.807) is 6.08 Å². The maximum absolute atomic E-state index is 13.2. The monoisotopic (exact) mass is 617 g/mol. The lowest BCUT2D eigenvalue weighted by molar-refractivity contribution is -0.274. The molecule has 43 heavy (non-hydrogen) atoms. The first-order valence-corrected chi connectivity index (χ1v) is 15.4. The predicted molar refractivity (Wildman–Crippen MR) is 153 cm³/mol. The van der Waals surface area contributed by atoms with Gasteiger partial charge in [0, 0.05) is 36.3 Å². The number of aryl methyl sites for hydroxylation is 2. The van der Waals surface area contributed by atoms with Crippen molar-refractivity contribution >= 4 is 39.6 Å². The molecular weight excluding hydrogens is 587 g/mol. The molecule has 0 bridgehead atoms. The highest BCUT2D eigenvalue weighted by atomic mass is 32.2. The molecule has 2 aromatic rings. The molecule has 3 aliphatic heterocycles. The summed E-state index contributed by atoms with van der Waals surface area (Å²) in [6.07, 6.45) is -1.06. The number of hydrogen-bond acceptors (Lipinski definition) is 6. The van der Waals surface area contributed by atoms with Crippen LogP contribution in [0.15, 0.2) is 46.8 Å². The topological polar surface area (TPSA) is 120 Å². The van der Waals surface area contributed by atoms with Crippen LogP contribution in [0.5, 0.6) is 5.75 Å². The number of aliphatic imine (C=N–C) groups is 1. The predicted octanol–water partition coefficient (Wildman–Crippen LogP) is 3.98. The smallest absolute Gasteiger partial charge is 0.406 e. The van der Waals surface area contributed by atoms with Crippen molar-refractivity contribution in [3.8, 4) is 5.75 Å². The summed E-state index contributed by atoms with van der Waals surface area (Å²) in [5.41, 5.74) is 2.34. The zero-order chi connectivity index (χ0) is 30.8. The van der Waals surface area contributed by atoms with Crippen LogP contribution in [0.25, 0.3) is 6.08 Å². The van der Waals surface area contributed by atoms with Gasteiger partial charge in [0.1, 0.15) is 17.1 Å². The molecule has 3 amide bonds. The minimum atomic E-state index is -4.82. The molecule has 10 nitrogen and oxygen atoms in total. The van der Waals surface area contributed by atoms with Crippen molar-refractivity contribution in [1.29, 1.82) is 0 Å². The fourth-order valence-corrected chi connectivity index (χ4v) is 7.22. The van der Waals surface area contributed by atoms with Crippen molar-refractivity contribution in [2.75, 3.05) is 24.5 Å². The van der Waals surface area contributed by atoms with Crippen molar-refractivity contribution in [1.82, 2.24) is 14.9 Å². The number of nitrogens with zero attached hydrogens (tertiary/aromatic N) is 3. The molecule has 2 saturated heterocycles. The van der Waals surface area contributed by atoms with E-state index >= 15 is 0 Å². The van der Waals surface area contributed by atoms with Gasteiger partial charge >= 0.3 is 12.4 Å². The molecule has 2 N–H and O–H groups in total. The van der Waals surface area contributed by atoms with Gasteiger partial charge < -0.3 is 15.4 Å². The zero-order valence-electron chi connectivity index (χ0n) is 23.5. The van der Waals surface area contributed by atoms with Gasteiger partial charge in [-0.05, 0) is 98.7 Å². The number of amidine groups is 1. The number of rotatable bonds is 6. The first-order chi connectivity index (χ1) is 20.2. The summed E-state index contributed by atoms with van der Waals surface area (Å²) in [5.74, 6) is -0.556. The number of carbonyl (C=O) groups is 2. The number of piperidine rings is 1. The molecule has 3 fully saturated rings. The lowest BCUT2D eigenvalue weighted by Gasteiger charge is -2.34. The minimum Gasteiger partial charge on any atom is -0.406 e. The number of urea groups is 1. The fraction of sp³-hybridized carbons (Fsp3) is 0.414. The molecule has 0 aromatic heterocycles. The van der Waals surface area contributed by atoms with Gasteiger partial charge in [-0.3, -0.25) is 14.7 Å². The van der Waals surface area contributed by atoms with Gasteiger partial charge in [0.15, 0.2) is 0 Å². The van der Waals surface area contributed by atoms with Crippen molar-refractivity contribution in [2.45, 2.75) is 57.0 Å². The molecule has 0 unspecified atom stereocenters. The summed E-state index contributed by atoms with van der Waals surface area (Å²) in [6, 6.07) is 8.68. The Bertz CT molecular complexity index is 1630. The van der Waals surface area contributed by atoms with Crippen LogP contribution in [0.1, 0.15) is 47.9 Å². The SMILES string of the molecule is Cc1cc(N2C(=O)NCC23CC3)cc(C)c1/C=C/S(=O)(=O)N1CCC2(CC1)N=C(c1ccc(OC(F)(F)F)cc1)NC2=O. The second-order valence-electron chi connectivity index (χ2n) is 11.5. The van der Waals surface area contributed by atoms with E-state index in [2.05, 4.69) is 20.4 Å². The number of halogens is 3. The van der Waals surface area contributed by atoms with Crippen molar-refractivity contribution in [3.63, 3.8) is 0 Å². The summed E-state index contributed by atoms with van der Waals surface area (Å²) in [5, 5.41) is 6.76. The Kier molecular flexibility index (Phi) is 6.84. The molecule has 1 saturated carbocycles. The van der Waals surface area contributed by atoms with E-state index in [0.717, 1.165) is 47.4 Å². The molecule has 2 spiro atoms. The van der Waals surface area contributed by atoms with E-state index < -0.39 is 27.7 Å². The molecule has 0 radical (unpaired) electrons. The Morgan fingerprint density at radius 3 is 2.21 bits per heavy atom. The molecule has 6 rings (SSSR count). The number of benzene rings is 2. The van der Waals surface area contributed by atoms with Gasteiger partial charge in [-0.15, -0.1) is 13.2 Å². The number of nitrogens with one attached hydrogen (secondary N) is 2. The van der Waals surface area contributed by atoms with Crippen LogP contribution >= 0.6 is 0 Å². The largest absolute Gasteiger partial charge is 0.573 e. The first-order valence-electron chi connectivity index (χ1n) is 13.9. The summed E-state index contributed by atoms with van der Waals surface area (Å²) < 4.78 is 69.0. The highest BCUT2D eigenvalue weighted by Gasteiger charge is 2.55. The molecule has 228 valence electrons. The van der Waals surface area contributed by atoms with Crippen molar-refractivity contribution in [2.24, 2.45) is 4.99 Å². The quantitative estimate of drug-likeness (QED) is 0.509. The first kappa shape index (κ1) is 29.2. The molecule has 14 heteroatoms. The van der Waals surface area contributed by atoms with Crippen LogP contribution in [-0.4, -0.2) is 67.6 Å². The Balaban J connectivity index is 1.13. The Labute approximate surface area is 246 Å². The van der Waals surface area contributed by atoms with Gasteiger partial charge in [0.25, 0.3) is 5.91 Å². The lowest BCUT2D eigenvalue weighted by Crippen LogP contribution is -2.50. The Morgan fingerprint density at radius 2 is 1.63 bits per heavy atom.